The minimum absolute atomic E-state index is 0.0809. The van der Waals surface area contributed by atoms with Crippen molar-refractivity contribution in [3.05, 3.63) is 35.9 Å². The van der Waals surface area contributed by atoms with Gasteiger partial charge >= 0.3 is 12.2 Å². The van der Waals surface area contributed by atoms with Crippen LogP contribution in [0.1, 0.15) is 6.42 Å². The first-order chi connectivity index (χ1) is 26.0. The fourth-order valence-electron chi connectivity index (χ4n) is 6.95. The molecule has 6 heterocycles. The lowest BCUT2D eigenvalue weighted by Gasteiger charge is -2.34. The van der Waals surface area contributed by atoms with Gasteiger partial charge < -0.3 is 34.5 Å². The van der Waals surface area contributed by atoms with Gasteiger partial charge in [-0.1, -0.05) is 0 Å². The maximum Gasteiger partial charge on any atom is 0.415 e. The van der Waals surface area contributed by atoms with Gasteiger partial charge in [0.2, 0.25) is 9.05 Å². The van der Waals surface area contributed by atoms with Gasteiger partial charge in [0, 0.05) is 103 Å². The van der Waals surface area contributed by atoms with Crippen LogP contribution < -0.4 is 34.8 Å². The number of carbonyl (C=O) groups is 2. The predicted octanol–water partition coefficient (Wildman–Crippen LogP) is 3.51. The number of cyclic esters (lactones) is 2. The molecule has 0 radical (unpaired) electrons. The first-order valence-corrected chi connectivity index (χ1v) is 24.5. The molecule has 2 amide bonds. The van der Waals surface area contributed by atoms with Crippen LogP contribution in [0.2, 0.25) is 0 Å². The van der Waals surface area contributed by atoms with Crippen molar-refractivity contribution in [2.75, 3.05) is 107 Å². The molecule has 0 aromatic heterocycles. The maximum atomic E-state index is 14.8. The number of hydrogen-bond donors (Lipinski definition) is 1. The number of rotatable bonds is 6. The van der Waals surface area contributed by atoms with Crippen molar-refractivity contribution in [2.24, 2.45) is 5.73 Å². The number of amides is 2. The Bertz CT molecular complexity index is 1980. The molecule has 304 valence electrons. The molecule has 2 aromatic rings. The van der Waals surface area contributed by atoms with Gasteiger partial charge in [0.25, 0.3) is 0 Å². The van der Waals surface area contributed by atoms with E-state index in [0.717, 1.165) is 61.7 Å². The number of ether oxygens (including phenoxy) is 4. The minimum Gasteiger partial charge on any atom is -0.489 e. The monoisotopic (exact) mass is 869 g/mol. The number of fused-ring (bicyclic) bond motifs is 6. The third-order valence-corrected chi connectivity index (χ3v) is 12.4. The zero-order valence-electron chi connectivity index (χ0n) is 30.0. The molecule has 22 heteroatoms. The molecular formula is C33H42ClF2N5O10S4. The molecule has 15 nitrogen and oxygen atoms in total. The zero-order chi connectivity index (χ0) is 39.7. The number of nitrogens with two attached hydrogens (primary N) is 1. The summed E-state index contributed by atoms with van der Waals surface area (Å²) >= 11 is 3.71. The van der Waals surface area contributed by atoms with E-state index >= 15 is 0 Å². The van der Waals surface area contributed by atoms with Crippen molar-refractivity contribution < 1.29 is 54.2 Å². The molecule has 0 spiro atoms. The molecule has 55 heavy (non-hydrogen) atoms. The molecule has 2 aromatic carbocycles. The molecule has 4 fully saturated rings. The third kappa shape index (κ3) is 9.89. The lowest BCUT2D eigenvalue weighted by Crippen LogP contribution is -2.46. The number of hydrogen-bond acceptors (Lipinski definition) is 15. The maximum absolute atomic E-state index is 14.8. The number of sulfone groups is 1. The van der Waals surface area contributed by atoms with E-state index in [1.54, 1.807) is 12.1 Å². The quantitative estimate of drug-likeness (QED) is 0.417. The van der Waals surface area contributed by atoms with Crippen LogP contribution in [-0.2, 0) is 28.4 Å². The van der Waals surface area contributed by atoms with Crippen molar-refractivity contribution in [3.63, 3.8) is 0 Å². The van der Waals surface area contributed by atoms with Gasteiger partial charge in [-0.25, -0.2) is 35.2 Å². The van der Waals surface area contributed by atoms with Crippen LogP contribution in [0.4, 0.5) is 41.1 Å². The van der Waals surface area contributed by atoms with Crippen LogP contribution in [0.15, 0.2) is 24.3 Å². The van der Waals surface area contributed by atoms with E-state index in [9.17, 15) is 35.2 Å². The molecular weight excluding hydrogens is 828 g/mol. The Balaban J connectivity index is 0.000000168. The van der Waals surface area contributed by atoms with Crippen molar-refractivity contribution in [2.45, 2.75) is 30.7 Å². The van der Waals surface area contributed by atoms with Crippen LogP contribution in [0.25, 0.3) is 0 Å². The van der Waals surface area contributed by atoms with E-state index in [0.29, 0.717) is 40.9 Å². The summed E-state index contributed by atoms with van der Waals surface area (Å²) in [7, 11) is -1.86. The molecule has 0 saturated carbocycles. The number of benzene rings is 2. The summed E-state index contributed by atoms with van der Waals surface area (Å²) in [5, 5.41) is 0. The van der Waals surface area contributed by atoms with Crippen LogP contribution in [-0.4, -0.2) is 141 Å². The summed E-state index contributed by atoms with van der Waals surface area (Å²) in [6.45, 7) is 3.87. The van der Waals surface area contributed by atoms with E-state index in [1.165, 1.54) is 21.9 Å². The zero-order valence-corrected chi connectivity index (χ0v) is 34.0. The molecule has 4 atom stereocenters. The number of thioether (sulfide) groups is 2. The standard InChI is InChI=1S/C17H21FN2O5S2.C15H18FN3O3S.CH3ClO2S/c1-27(22,23)7-2-15-14-10-24-16-9-12(19-3-5-26-6-4-19)11(18)8-13(16)20(14)17(21)25-15;16-9-5-11-13(6-10(9)18-1-3-23-4-2-18)21-8-12-14(7-17)22-15(20)19(11)12;1-5(2,3)4/h8-9,14-15H,2-7,10H2,1H3;5-6,12,14H,1-4,7-8,17H2;1H3/t14-,15-;12-,14-;/m00./s1. The topological polar surface area (TPSA) is 178 Å². The van der Waals surface area contributed by atoms with Gasteiger partial charge in [0.1, 0.15) is 70.5 Å². The smallest absolute Gasteiger partial charge is 0.415 e. The van der Waals surface area contributed by atoms with Gasteiger partial charge in [0.15, 0.2) is 0 Å². The fourth-order valence-corrected chi connectivity index (χ4v) is 9.42. The Morgan fingerprint density at radius 3 is 1.53 bits per heavy atom. The number of halogens is 3. The Morgan fingerprint density at radius 1 is 0.727 bits per heavy atom. The summed E-state index contributed by atoms with van der Waals surface area (Å²) in [6, 6.07) is 5.28. The first kappa shape index (κ1) is 41.5. The highest BCUT2D eigenvalue weighted by atomic mass is 35.7. The van der Waals surface area contributed by atoms with Crippen molar-refractivity contribution >= 4 is 88.0 Å². The first-order valence-electron chi connectivity index (χ1n) is 17.4. The van der Waals surface area contributed by atoms with E-state index in [1.807, 2.05) is 33.3 Å². The predicted molar refractivity (Wildman–Crippen MR) is 210 cm³/mol. The summed E-state index contributed by atoms with van der Waals surface area (Å²) in [5.41, 5.74) is 7.41. The van der Waals surface area contributed by atoms with Crippen LogP contribution in [0.5, 0.6) is 11.5 Å². The Labute approximate surface area is 331 Å². The highest BCUT2D eigenvalue weighted by Gasteiger charge is 2.48. The molecule has 0 unspecified atom stereocenters. The van der Waals surface area contributed by atoms with Gasteiger partial charge in [0.05, 0.1) is 34.8 Å². The highest BCUT2D eigenvalue weighted by Crippen LogP contribution is 2.44. The highest BCUT2D eigenvalue weighted by molar-refractivity contribution is 8.13. The van der Waals surface area contributed by atoms with Gasteiger partial charge in [-0.2, -0.15) is 23.5 Å². The van der Waals surface area contributed by atoms with Crippen molar-refractivity contribution in [1.82, 2.24) is 0 Å². The van der Waals surface area contributed by atoms with E-state index in [2.05, 4.69) is 10.7 Å². The van der Waals surface area contributed by atoms with Gasteiger partial charge in [-0.05, 0) is 0 Å². The average Bonchev–Trinajstić information content (AvgIpc) is 3.65. The molecule has 0 aliphatic carbocycles. The summed E-state index contributed by atoms with van der Waals surface area (Å²) in [5.74, 6) is 3.99. The number of nitrogens with zero attached hydrogens (tertiary/aromatic N) is 4. The summed E-state index contributed by atoms with van der Waals surface area (Å²) < 4.78 is 93.2. The Morgan fingerprint density at radius 2 is 1.13 bits per heavy atom. The number of anilines is 4. The Kier molecular flexibility index (Phi) is 13.0. The Hall–Kier alpha value is -3.11. The lowest BCUT2D eigenvalue weighted by molar-refractivity contribution is 0.119. The second-order valence-electron chi connectivity index (χ2n) is 13.4. The largest absolute Gasteiger partial charge is 0.489 e. The van der Waals surface area contributed by atoms with E-state index < -0.39 is 55.1 Å². The van der Waals surface area contributed by atoms with Crippen LogP contribution >= 0.6 is 34.2 Å². The van der Waals surface area contributed by atoms with E-state index in [-0.39, 0.29) is 37.2 Å². The normalized spacial score (nSPS) is 24.3. The lowest BCUT2D eigenvalue weighted by atomic mass is 10.1. The van der Waals surface area contributed by atoms with Gasteiger partial charge in [-0.3, -0.25) is 9.80 Å². The molecule has 6 aliphatic heterocycles. The molecule has 2 N–H and O–H groups in total. The van der Waals surface area contributed by atoms with Gasteiger partial charge in [-0.15, -0.1) is 0 Å². The molecule has 4 saturated heterocycles. The van der Waals surface area contributed by atoms with Crippen LogP contribution in [0.3, 0.4) is 0 Å². The van der Waals surface area contributed by atoms with Crippen LogP contribution in [0, 0.1) is 11.6 Å². The molecule has 6 aliphatic rings. The summed E-state index contributed by atoms with van der Waals surface area (Å²) in [4.78, 5) is 31.3. The second-order valence-corrected chi connectivity index (χ2v) is 21.2. The average molecular weight is 870 g/mol. The van der Waals surface area contributed by atoms with E-state index in [4.69, 9.17) is 24.7 Å². The van der Waals surface area contributed by atoms with Crippen molar-refractivity contribution in [1.29, 1.82) is 0 Å². The molecule has 0 bridgehead atoms. The summed E-state index contributed by atoms with van der Waals surface area (Å²) in [6.07, 6.45) is 0.163. The SMILES string of the molecule is CS(=O)(=O)CC[C@@H]1OC(=O)N2c3cc(F)c(N4CCSCC4)cc3OC[C@@H]12.CS(=O)(=O)Cl.NC[C@@H]1OC(=O)N2c3cc(F)c(N4CCSCC4)cc3OC[C@@H]12. The third-order valence-electron chi connectivity index (χ3n) is 9.52. The fraction of sp³-hybridized carbons (Fsp3) is 0.576. The minimum atomic E-state index is -3.19. The van der Waals surface area contributed by atoms with Crippen molar-refractivity contribution in [3.8, 4) is 11.5 Å². The second kappa shape index (κ2) is 17.2. The number of carbonyl (C=O) groups excluding carboxylic acids is 2. The molecule has 8 rings (SSSR count).